The number of allylic oxidation sites excluding steroid dienone is 1. The van der Waals surface area contributed by atoms with Crippen molar-refractivity contribution in [1.82, 2.24) is 4.90 Å². The van der Waals surface area contributed by atoms with Crippen LogP contribution in [0.2, 0.25) is 0 Å². The maximum atomic E-state index is 12.0. The van der Waals surface area contributed by atoms with Crippen LogP contribution in [0.1, 0.15) is 10.4 Å². The number of nitro groups is 1. The summed E-state index contributed by atoms with van der Waals surface area (Å²) < 4.78 is 10.0. The van der Waals surface area contributed by atoms with Gasteiger partial charge in [0.25, 0.3) is 5.69 Å². The maximum Gasteiger partial charge on any atom is 0.284 e. The minimum absolute atomic E-state index is 0.0502. The van der Waals surface area contributed by atoms with E-state index in [4.69, 9.17) is 9.47 Å². The molecule has 0 heterocycles. The number of ether oxygens (including phenoxy) is 2. The molecule has 1 aromatic rings. The number of rotatable bonds is 6. The van der Waals surface area contributed by atoms with Gasteiger partial charge in [0, 0.05) is 32.4 Å². The molecule has 0 aliphatic heterocycles. The molecule has 0 aliphatic carbocycles. The summed E-state index contributed by atoms with van der Waals surface area (Å²) in [6.45, 7) is 0. The Bertz CT molecular complexity index is 552. The number of hydrogen-bond donors (Lipinski definition) is 0. The van der Waals surface area contributed by atoms with E-state index in [0.29, 0.717) is 0 Å². The van der Waals surface area contributed by atoms with E-state index >= 15 is 0 Å². The number of ketones is 1. The Hall–Kier alpha value is -2.57. The van der Waals surface area contributed by atoms with Crippen LogP contribution < -0.4 is 9.47 Å². The zero-order valence-electron chi connectivity index (χ0n) is 11.7. The third-order valence-electron chi connectivity index (χ3n) is 2.49. The summed E-state index contributed by atoms with van der Waals surface area (Å²) in [5.74, 6) is -0.0154. The lowest BCUT2D eigenvalue weighted by molar-refractivity contribution is -0.385. The molecule has 0 radical (unpaired) electrons. The SMILES string of the molecule is COc1cc(C(=O)C=CN(C)C)c([N+](=O)[O-])cc1OC. The molecular weight excluding hydrogens is 264 g/mol. The first kappa shape index (κ1) is 15.5. The Labute approximate surface area is 116 Å². The number of carbonyl (C=O) groups is 1. The van der Waals surface area contributed by atoms with Crippen molar-refractivity contribution in [3.63, 3.8) is 0 Å². The van der Waals surface area contributed by atoms with E-state index in [1.54, 1.807) is 19.0 Å². The normalized spacial score (nSPS) is 10.4. The van der Waals surface area contributed by atoms with Crippen LogP contribution >= 0.6 is 0 Å². The maximum absolute atomic E-state index is 12.0. The van der Waals surface area contributed by atoms with E-state index in [2.05, 4.69) is 0 Å². The smallest absolute Gasteiger partial charge is 0.284 e. The molecule has 7 nitrogen and oxygen atoms in total. The highest BCUT2D eigenvalue weighted by Crippen LogP contribution is 2.34. The van der Waals surface area contributed by atoms with E-state index in [9.17, 15) is 14.9 Å². The van der Waals surface area contributed by atoms with E-state index < -0.39 is 10.7 Å². The summed E-state index contributed by atoms with van der Waals surface area (Å²) in [4.78, 5) is 24.1. The molecule has 0 aliphatic rings. The lowest BCUT2D eigenvalue weighted by Crippen LogP contribution is -2.06. The molecule has 0 unspecified atom stereocenters. The number of carbonyl (C=O) groups excluding carboxylic acids is 1. The van der Waals surface area contributed by atoms with Crippen molar-refractivity contribution in [3.05, 3.63) is 40.1 Å². The number of benzene rings is 1. The molecule has 0 saturated carbocycles. The van der Waals surface area contributed by atoms with Gasteiger partial charge in [-0.25, -0.2) is 0 Å². The van der Waals surface area contributed by atoms with Gasteiger partial charge in [0.2, 0.25) is 0 Å². The molecule has 1 aromatic carbocycles. The van der Waals surface area contributed by atoms with Crippen LogP contribution in [-0.4, -0.2) is 43.9 Å². The van der Waals surface area contributed by atoms with Gasteiger partial charge in [0.05, 0.1) is 25.2 Å². The number of hydrogen-bond acceptors (Lipinski definition) is 6. The highest BCUT2D eigenvalue weighted by molar-refractivity contribution is 6.07. The zero-order chi connectivity index (χ0) is 15.3. The molecular formula is C13H16N2O5. The minimum Gasteiger partial charge on any atom is -0.493 e. The average molecular weight is 280 g/mol. The summed E-state index contributed by atoms with van der Waals surface area (Å²) in [5, 5.41) is 11.1. The standard InChI is InChI=1S/C13H16N2O5/c1-14(2)6-5-11(16)9-7-12(19-3)13(20-4)8-10(9)15(17)18/h5-8H,1-4H3. The van der Waals surface area contributed by atoms with Crippen molar-refractivity contribution in [2.24, 2.45) is 0 Å². The zero-order valence-corrected chi connectivity index (χ0v) is 11.7. The van der Waals surface area contributed by atoms with Gasteiger partial charge in [-0.2, -0.15) is 0 Å². The quantitative estimate of drug-likeness (QED) is 0.342. The van der Waals surface area contributed by atoms with Crippen LogP contribution in [0.4, 0.5) is 5.69 Å². The van der Waals surface area contributed by atoms with Crippen molar-refractivity contribution in [2.45, 2.75) is 0 Å². The Morgan fingerprint density at radius 1 is 1.25 bits per heavy atom. The van der Waals surface area contributed by atoms with Crippen molar-refractivity contribution in [2.75, 3.05) is 28.3 Å². The second-order valence-electron chi connectivity index (χ2n) is 4.13. The van der Waals surface area contributed by atoms with Gasteiger partial charge < -0.3 is 14.4 Å². The van der Waals surface area contributed by atoms with Gasteiger partial charge in [-0.3, -0.25) is 14.9 Å². The Morgan fingerprint density at radius 3 is 2.25 bits per heavy atom. The number of methoxy groups -OCH3 is 2. The predicted octanol–water partition coefficient (Wildman–Crippen LogP) is 1.87. The van der Waals surface area contributed by atoms with Crippen LogP contribution in [0, 0.1) is 10.1 Å². The number of nitro benzene ring substituents is 1. The second kappa shape index (κ2) is 6.55. The summed E-state index contributed by atoms with van der Waals surface area (Å²) in [6.07, 6.45) is 2.77. The molecule has 0 N–H and O–H groups in total. The largest absolute Gasteiger partial charge is 0.493 e. The van der Waals surface area contributed by atoms with E-state index in [1.165, 1.54) is 38.6 Å². The first-order chi connectivity index (χ1) is 9.40. The first-order valence-electron chi connectivity index (χ1n) is 5.70. The molecule has 0 saturated heterocycles. The molecule has 0 spiro atoms. The average Bonchev–Trinajstić information content (AvgIpc) is 2.42. The predicted molar refractivity (Wildman–Crippen MR) is 73.4 cm³/mol. The van der Waals surface area contributed by atoms with Gasteiger partial charge in [-0.1, -0.05) is 0 Å². The third-order valence-corrected chi connectivity index (χ3v) is 2.49. The van der Waals surface area contributed by atoms with Gasteiger partial charge in [0.1, 0.15) is 5.56 Å². The molecule has 0 bridgehead atoms. The topological polar surface area (TPSA) is 81.9 Å². The fraction of sp³-hybridized carbons (Fsp3) is 0.308. The summed E-state index contributed by atoms with van der Waals surface area (Å²) in [5.41, 5.74) is -0.373. The van der Waals surface area contributed by atoms with Crippen LogP contribution in [0.15, 0.2) is 24.4 Å². The Kier molecular flexibility index (Phi) is 5.08. The number of nitrogens with zero attached hydrogens (tertiary/aromatic N) is 2. The highest BCUT2D eigenvalue weighted by atomic mass is 16.6. The minimum atomic E-state index is -0.626. The van der Waals surface area contributed by atoms with Crippen molar-refractivity contribution in [3.8, 4) is 11.5 Å². The van der Waals surface area contributed by atoms with Gasteiger partial charge in [0.15, 0.2) is 17.3 Å². The Balaban J connectivity index is 3.36. The van der Waals surface area contributed by atoms with Crippen molar-refractivity contribution < 1.29 is 19.2 Å². The van der Waals surface area contributed by atoms with Crippen LogP contribution in [0.25, 0.3) is 0 Å². The second-order valence-corrected chi connectivity index (χ2v) is 4.13. The van der Waals surface area contributed by atoms with Crippen LogP contribution in [0.5, 0.6) is 11.5 Å². The summed E-state index contributed by atoms with van der Waals surface area (Å²) >= 11 is 0. The van der Waals surface area contributed by atoms with Crippen LogP contribution in [-0.2, 0) is 0 Å². The molecule has 0 aromatic heterocycles. The summed E-state index contributed by atoms with van der Waals surface area (Å²) in [7, 11) is 6.25. The van der Waals surface area contributed by atoms with Crippen LogP contribution in [0.3, 0.4) is 0 Å². The molecule has 1 rings (SSSR count). The Morgan fingerprint density at radius 2 is 1.80 bits per heavy atom. The lowest BCUT2D eigenvalue weighted by atomic mass is 10.1. The van der Waals surface area contributed by atoms with Gasteiger partial charge >= 0.3 is 0 Å². The summed E-state index contributed by atoms with van der Waals surface area (Å²) in [6, 6.07) is 2.48. The first-order valence-corrected chi connectivity index (χ1v) is 5.70. The van der Waals surface area contributed by atoms with E-state index in [1.807, 2.05) is 0 Å². The highest BCUT2D eigenvalue weighted by Gasteiger charge is 2.23. The van der Waals surface area contributed by atoms with Crippen molar-refractivity contribution >= 4 is 11.5 Å². The third kappa shape index (κ3) is 3.47. The van der Waals surface area contributed by atoms with Gasteiger partial charge in [-0.15, -0.1) is 0 Å². The van der Waals surface area contributed by atoms with E-state index in [0.717, 1.165) is 0 Å². The van der Waals surface area contributed by atoms with Gasteiger partial charge in [-0.05, 0) is 0 Å². The monoisotopic (exact) mass is 280 g/mol. The molecule has 0 fully saturated rings. The molecule has 0 amide bonds. The molecule has 108 valence electrons. The molecule has 20 heavy (non-hydrogen) atoms. The van der Waals surface area contributed by atoms with Crippen molar-refractivity contribution in [1.29, 1.82) is 0 Å². The molecule has 7 heteroatoms. The molecule has 0 atom stereocenters. The van der Waals surface area contributed by atoms with E-state index in [-0.39, 0.29) is 22.7 Å². The lowest BCUT2D eigenvalue weighted by Gasteiger charge is -2.09. The fourth-order valence-corrected chi connectivity index (χ4v) is 1.52. The fourth-order valence-electron chi connectivity index (χ4n) is 1.52.